The zero-order valence-electron chi connectivity index (χ0n) is 16.2. The summed E-state index contributed by atoms with van der Waals surface area (Å²) in [7, 11) is -1.89. The van der Waals surface area contributed by atoms with Crippen molar-refractivity contribution < 1.29 is 13.9 Å². The van der Waals surface area contributed by atoms with Gasteiger partial charge in [0.15, 0.2) is 0 Å². The van der Waals surface area contributed by atoms with E-state index < -0.39 is 8.32 Å². The van der Waals surface area contributed by atoms with E-state index in [0.717, 1.165) is 6.42 Å². The highest BCUT2D eigenvalue weighted by molar-refractivity contribution is 6.74. The maximum atomic E-state index is 6.10. The van der Waals surface area contributed by atoms with Crippen molar-refractivity contribution in [3.63, 3.8) is 0 Å². The van der Waals surface area contributed by atoms with Gasteiger partial charge in [-0.1, -0.05) is 57.2 Å². The van der Waals surface area contributed by atoms with E-state index in [2.05, 4.69) is 64.7 Å². The van der Waals surface area contributed by atoms with Crippen molar-refractivity contribution in [2.75, 3.05) is 6.61 Å². The van der Waals surface area contributed by atoms with Gasteiger partial charge in [-0.3, -0.25) is 0 Å². The average molecular weight is 361 g/mol. The molecule has 0 amide bonds. The molecule has 0 aliphatic heterocycles. The minimum absolute atomic E-state index is 0.0302. The zero-order valence-corrected chi connectivity index (χ0v) is 17.2. The first kappa shape index (κ1) is 19.8. The molecular weight excluding hydrogens is 328 g/mol. The lowest BCUT2D eigenvalue weighted by Crippen LogP contribution is -2.40. The van der Waals surface area contributed by atoms with Gasteiger partial charge in [0.1, 0.15) is 6.10 Å². The summed E-state index contributed by atoms with van der Waals surface area (Å²) in [4.78, 5) is 0. The summed E-state index contributed by atoms with van der Waals surface area (Å²) in [5.74, 6) is 0.835. The molecule has 1 aliphatic carbocycles. The van der Waals surface area contributed by atoms with E-state index in [-0.39, 0.29) is 11.1 Å². The highest BCUT2D eigenvalue weighted by Crippen LogP contribution is 2.38. The molecule has 0 fully saturated rings. The molecule has 3 nitrogen and oxygen atoms in total. The van der Waals surface area contributed by atoms with Crippen LogP contribution in [0, 0.1) is 5.92 Å². The third-order valence-corrected chi connectivity index (χ3v) is 9.38. The molecule has 2 atom stereocenters. The van der Waals surface area contributed by atoms with Crippen LogP contribution in [0.5, 0.6) is 0 Å². The lowest BCUT2D eigenvalue weighted by atomic mass is 10.1. The lowest BCUT2D eigenvalue weighted by Gasteiger charge is -2.36. The maximum absolute atomic E-state index is 6.10. The van der Waals surface area contributed by atoms with Gasteiger partial charge in [0.2, 0.25) is 0 Å². The molecule has 1 aliphatic rings. The molecule has 0 bridgehead atoms. The Morgan fingerprint density at radius 1 is 1.16 bits per heavy atom. The molecule has 0 saturated carbocycles. The molecule has 138 valence electrons. The third-order valence-electron chi connectivity index (χ3n) is 5.03. The van der Waals surface area contributed by atoms with Crippen molar-refractivity contribution in [3.05, 3.63) is 60.6 Å². The van der Waals surface area contributed by atoms with Crippen molar-refractivity contribution in [2.24, 2.45) is 5.92 Å². The maximum Gasteiger partial charge on any atom is 0.258 e. The van der Waals surface area contributed by atoms with Gasteiger partial charge in [-0.25, -0.2) is 0 Å². The Bertz CT molecular complexity index is 587. The monoisotopic (exact) mass is 360 g/mol. The Hall–Kier alpha value is -1.52. The Kier molecular flexibility index (Phi) is 6.52. The predicted molar refractivity (Wildman–Crippen MR) is 106 cm³/mol. The highest BCUT2D eigenvalue weighted by atomic mass is 28.4. The van der Waals surface area contributed by atoms with Gasteiger partial charge < -0.3 is 13.9 Å². The molecule has 0 aromatic heterocycles. The largest absolute Gasteiger partial charge is 0.519 e. The Labute approximate surface area is 153 Å². The quantitative estimate of drug-likeness (QED) is 0.340. The second-order valence-corrected chi connectivity index (χ2v) is 13.0. The summed E-state index contributed by atoms with van der Waals surface area (Å²) in [6.07, 6.45) is 5.21. The van der Waals surface area contributed by atoms with Crippen LogP contribution in [0.3, 0.4) is 0 Å². The zero-order chi connectivity index (χ0) is 18.5. The van der Waals surface area contributed by atoms with Crippen LogP contribution in [-0.4, -0.2) is 21.0 Å². The van der Waals surface area contributed by atoms with E-state index in [1.807, 2.05) is 18.2 Å². The Morgan fingerprint density at radius 3 is 2.48 bits per heavy atom. The molecule has 1 aromatic carbocycles. The molecule has 0 unspecified atom stereocenters. The van der Waals surface area contributed by atoms with Crippen molar-refractivity contribution in [2.45, 2.75) is 58.0 Å². The van der Waals surface area contributed by atoms with E-state index in [1.54, 1.807) is 0 Å². The first-order chi connectivity index (χ1) is 11.7. The summed E-state index contributed by atoms with van der Waals surface area (Å²) in [5, 5.41) is 0.138. The standard InChI is InChI=1S/C21H32O3Si/c1-17(24-25(5,6)21(2,3)4)23-20-13-12-19(14-20)16-22-15-18-10-8-7-9-11-18/h7-13,19-20H,1,14-16H2,2-6H3/t19-,20+/m0/s1. The number of rotatable bonds is 8. The van der Waals surface area contributed by atoms with E-state index >= 15 is 0 Å². The van der Waals surface area contributed by atoms with Crippen LogP contribution in [0.25, 0.3) is 0 Å². The minimum Gasteiger partial charge on any atom is -0.519 e. The van der Waals surface area contributed by atoms with Crippen molar-refractivity contribution in [3.8, 4) is 0 Å². The van der Waals surface area contributed by atoms with Crippen LogP contribution >= 0.6 is 0 Å². The van der Waals surface area contributed by atoms with Crippen LogP contribution in [0.4, 0.5) is 0 Å². The second kappa shape index (κ2) is 8.24. The van der Waals surface area contributed by atoms with Crippen molar-refractivity contribution >= 4 is 8.32 Å². The molecule has 0 spiro atoms. The molecule has 0 N–H and O–H groups in total. The van der Waals surface area contributed by atoms with Crippen LogP contribution in [0.15, 0.2) is 55.0 Å². The van der Waals surface area contributed by atoms with Crippen LogP contribution < -0.4 is 0 Å². The van der Waals surface area contributed by atoms with Gasteiger partial charge in [0.25, 0.3) is 14.3 Å². The van der Waals surface area contributed by atoms with E-state index in [4.69, 9.17) is 13.9 Å². The average Bonchev–Trinajstić information content (AvgIpc) is 2.94. The molecule has 4 heteroatoms. The van der Waals surface area contributed by atoms with Crippen LogP contribution in [0.2, 0.25) is 18.1 Å². The van der Waals surface area contributed by atoms with Crippen molar-refractivity contribution in [1.29, 1.82) is 0 Å². The fourth-order valence-corrected chi connectivity index (χ4v) is 3.40. The highest BCUT2D eigenvalue weighted by Gasteiger charge is 2.40. The first-order valence-corrected chi connectivity index (χ1v) is 11.9. The minimum atomic E-state index is -1.89. The Morgan fingerprint density at radius 2 is 1.84 bits per heavy atom. The predicted octanol–water partition coefficient (Wildman–Crippen LogP) is 5.66. The van der Waals surface area contributed by atoms with Gasteiger partial charge in [0.05, 0.1) is 13.2 Å². The van der Waals surface area contributed by atoms with Gasteiger partial charge in [-0.2, -0.15) is 0 Å². The normalized spacial score (nSPS) is 20.5. The summed E-state index contributed by atoms with van der Waals surface area (Å²) in [6.45, 7) is 16.4. The second-order valence-electron chi connectivity index (χ2n) is 8.27. The number of hydrogen-bond acceptors (Lipinski definition) is 3. The first-order valence-electron chi connectivity index (χ1n) is 9.02. The molecule has 1 aromatic rings. The topological polar surface area (TPSA) is 27.7 Å². The van der Waals surface area contributed by atoms with Gasteiger partial charge in [0, 0.05) is 5.92 Å². The SMILES string of the molecule is C=C(O[C@@H]1C=C[C@H](COCc2ccccc2)C1)O[Si](C)(C)C(C)(C)C. The summed E-state index contributed by atoms with van der Waals surface area (Å²) in [5.41, 5.74) is 1.20. The fourth-order valence-electron chi connectivity index (χ4n) is 2.48. The van der Waals surface area contributed by atoms with Gasteiger partial charge in [-0.15, -0.1) is 0 Å². The van der Waals surface area contributed by atoms with E-state index in [0.29, 0.717) is 25.1 Å². The van der Waals surface area contributed by atoms with Gasteiger partial charge >= 0.3 is 0 Å². The van der Waals surface area contributed by atoms with Crippen LogP contribution in [0.1, 0.15) is 32.8 Å². The summed E-state index contributed by atoms with van der Waals surface area (Å²) < 4.78 is 17.8. The third kappa shape index (κ3) is 6.05. The summed E-state index contributed by atoms with van der Waals surface area (Å²) >= 11 is 0. The number of benzene rings is 1. The fraction of sp³-hybridized carbons (Fsp3) is 0.524. The lowest BCUT2D eigenvalue weighted by molar-refractivity contribution is 0.0459. The summed E-state index contributed by atoms with van der Waals surface area (Å²) in [6, 6.07) is 10.2. The van der Waals surface area contributed by atoms with Gasteiger partial charge in [-0.05, 0) is 42.8 Å². The van der Waals surface area contributed by atoms with Crippen molar-refractivity contribution in [1.82, 2.24) is 0 Å². The van der Waals surface area contributed by atoms with E-state index in [1.165, 1.54) is 5.56 Å². The molecule has 0 radical (unpaired) electrons. The van der Waals surface area contributed by atoms with E-state index in [9.17, 15) is 0 Å². The number of hydrogen-bond donors (Lipinski definition) is 0. The number of ether oxygens (including phenoxy) is 2. The molecular formula is C21H32O3Si. The van der Waals surface area contributed by atoms with Crippen LogP contribution in [-0.2, 0) is 20.5 Å². The smallest absolute Gasteiger partial charge is 0.258 e. The molecule has 0 heterocycles. The molecule has 25 heavy (non-hydrogen) atoms. The molecule has 2 rings (SSSR count). The molecule has 0 saturated heterocycles. The Balaban J connectivity index is 1.70.